The third kappa shape index (κ3) is 8.49. The Morgan fingerprint density at radius 3 is 2.40 bits per heavy atom. The molecule has 0 saturated heterocycles. The van der Waals surface area contributed by atoms with Crippen molar-refractivity contribution in [1.82, 2.24) is 4.90 Å². The van der Waals surface area contributed by atoms with Crippen LogP contribution in [0.3, 0.4) is 0 Å². The monoisotopic (exact) mass is 346 g/mol. The molecule has 0 aliphatic carbocycles. The largest absolute Gasteiger partial charge is 0.371 e. The summed E-state index contributed by atoms with van der Waals surface area (Å²) in [6.07, 6.45) is 2.32. The van der Waals surface area contributed by atoms with Crippen LogP contribution in [0.15, 0.2) is 36.9 Å². The lowest BCUT2D eigenvalue weighted by molar-refractivity contribution is -0.133. The Labute approximate surface area is 151 Å². The van der Waals surface area contributed by atoms with Crippen molar-refractivity contribution in [2.75, 3.05) is 18.9 Å². The Bertz CT molecular complexity index is 588. The first-order chi connectivity index (χ1) is 11.6. The maximum atomic E-state index is 12.3. The molecule has 0 spiro atoms. The lowest BCUT2D eigenvalue weighted by Crippen LogP contribution is -2.37. The zero-order chi connectivity index (χ0) is 19.0. The number of benzene rings is 1. The topological polar surface area (TPSA) is 58.6 Å². The van der Waals surface area contributed by atoms with Crippen molar-refractivity contribution < 1.29 is 14.3 Å². The van der Waals surface area contributed by atoms with Crippen LogP contribution in [0.25, 0.3) is 0 Å². The summed E-state index contributed by atoms with van der Waals surface area (Å²) >= 11 is 0. The number of nitrogens with zero attached hydrogens (tertiary/aromatic N) is 1. The summed E-state index contributed by atoms with van der Waals surface area (Å²) in [5.74, 6) is -0.149. The fourth-order valence-electron chi connectivity index (χ4n) is 2.52. The fraction of sp³-hybridized carbons (Fsp3) is 0.500. The zero-order valence-corrected chi connectivity index (χ0v) is 16.0. The lowest BCUT2D eigenvalue weighted by atomic mass is 10.1. The van der Waals surface area contributed by atoms with Gasteiger partial charge in [0.1, 0.15) is 0 Å². The Hall–Kier alpha value is -2.14. The molecular weight excluding hydrogens is 316 g/mol. The minimum absolute atomic E-state index is 0.0123. The molecule has 0 radical (unpaired) electrons. The average Bonchev–Trinajstić information content (AvgIpc) is 2.51. The molecular formula is C20H30N2O3. The molecule has 0 fully saturated rings. The number of nitrogens with one attached hydrogen (secondary N) is 1. The normalized spacial score (nSPS) is 12.4. The molecule has 0 aliphatic rings. The maximum Gasteiger partial charge on any atom is 0.247 e. The highest BCUT2D eigenvalue weighted by molar-refractivity contribution is 5.98. The van der Waals surface area contributed by atoms with Crippen molar-refractivity contribution in [3.63, 3.8) is 0 Å². The van der Waals surface area contributed by atoms with E-state index < -0.39 is 0 Å². The molecule has 0 aliphatic heterocycles. The van der Waals surface area contributed by atoms with Gasteiger partial charge in [-0.3, -0.25) is 9.59 Å². The third-order valence-corrected chi connectivity index (χ3v) is 3.55. The number of hydrogen-bond acceptors (Lipinski definition) is 3. The van der Waals surface area contributed by atoms with Crippen molar-refractivity contribution in [3.05, 3.63) is 42.5 Å². The number of amides is 2. The first-order valence-corrected chi connectivity index (χ1v) is 8.55. The van der Waals surface area contributed by atoms with E-state index in [1.54, 1.807) is 11.9 Å². The van der Waals surface area contributed by atoms with Gasteiger partial charge >= 0.3 is 0 Å². The van der Waals surface area contributed by atoms with Crippen LogP contribution in [0.1, 0.15) is 39.7 Å². The van der Waals surface area contributed by atoms with Gasteiger partial charge in [-0.15, -0.1) is 0 Å². The molecule has 1 atom stereocenters. The van der Waals surface area contributed by atoms with E-state index in [-0.39, 0.29) is 23.5 Å². The minimum atomic E-state index is -0.240. The van der Waals surface area contributed by atoms with Crippen LogP contribution >= 0.6 is 0 Å². The molecule has 0 aromatic heterocycles. The quantitative estimate of drug-likeness (QED) is 0.734. The van der Waals surface area contributed by atoms with Crippen molar-refractivity contribution in [1.29, 1.82) is 0 Å². The maximum absolute atomic E-state index is 12.3. The molecule has 2 amide bonds. The van der Waals surface area contributed by atoms with Crippen molar-refractivity contribution in [3.8, 4) is 0 Å². The van der Waals surface area contributed by atoms with Crippen molar-refractivity contribution in [2.45, 2.75) is 52.2 Å². The average molecular weight is 346 g/mol. The van der Waals surface area contributed by atoms with E-state index in [9.17, 15) is 9.59 Å². The predicted octanol–water partition coefficient (Wildman–Crippen LogP) is 3.41. The van der Waals surface area contributed by atoms with Gasteiger partial charge in [-0.05, 0) is 57.9 Å². The molecule has 25 heavy (non-hydrogen) atoms. The van der Waals surface area contributed by atoms with Gasteiger partial charge in [-0.1, -0.05) is 18.7 Å². The smallest absolute Gasteiger partial charge is 0.247 e. The number of aryl methyl sites for hydroxylation is 1. The van der Waals surface area contributed by atoms with Gasteiger partial charge in [0, 0.05) is 25.7 Å². The van der Waals surface area contributed by atoms with Gasteiger partial charge in [0.25, 0.3) is 0 Å². The number of ether oxygens (including phenoxy) is 1. The molecule has 1 rings (SSSR count). The molecule has 0 saturated carbocycles. The highest BCUT2D eigenvalue weighted by atomic mass is 16.5. The summed E-state index contributed by atoms with van der Waals surface area (Å²) < 4.78 is 5.84. The van der Waals surface area contributed by atoms with Crippen LogP contribution in [0, 0.1) is 0 Å². The van der Waals surface area contributed by atoms with Gasteiger partial charge < -0.3 is 15.0 Å². The number of likely N-dealkylation sites (N-methyl/N-ethyl adjacent to an activating group) is 1. The van der Waals surface area contributed by atoms with Crippen molar-refractivity contribution in [2.24, 2.45) is 0 Å². The van der Waals surface area contributed by atoms with Gasteiger partial charge in [0.05, 0.1) is 11.7 Å². The van der Waals surface area contributed by atoms with E-state index in [1.807, 2.05) is 52.0 Å². The van der Waals surface area contributed by atoms with Crippen LogP contribution in [0.5, 0.6) is 0 Å². The Kier molecular flexibility index (Phi) is 7.84. The number of hydrogen-bond donors (Lipinski definition) is 1. The molecule has 1 unspecified atom stereocenters. The molecule has 0 heterocycles. The highest BCUT2D eigenvalue weighted by Crippen LogP contribution is 2.13. The number of carbonyl (C=O) groups is 2. The fourth-order valence-corrected chi connectivity index (χ4v) is 2.52. The summed E-state index contributed by atoms with van der Waals surface area (Å²) in [6.45, 7) is 12.0. The molecule has 0 bridgehead atoms. The second-order valence-electron chi connectivity index (χ2n) is 7.21. The van der Waals surface area contributed by atoms with Crippen molar-refractivity contribution >= 4 is 17.5 Å². The predicted molar refractivity (Wildman–Crippen MR) is 102 cm³/mol. The highest BCUT2D eigenvalue weighted by Gasteiger charge is 2.18. The van der Waals surface area contributed by atoms with Crippen LogP contribution in [0.2, 0.25) is 0 Å². The minimum Gasteiger partial charge on any atom is -0.371 e. The number of carbonyl (C=O) groups excluding carboxylic acids is 2. The summed E-state index contributed by atoms with van der Waals surface area (Å²) in [7, 11) is 1.80. The zero-order valence-electron chi connectivity index (χ0n) is 16.0. The van der Waals surface area contributed by atoms with Gasteiger partial charge in [-0.25, -0.2) is 0 Å². The Balaban J connectivity index is 2.44. The molecule has 138 valence electrons. The third-order valence-electron chi connectivity index (χ3n) is 3.55. The summed E-state index contributed by atoms with van der Waals surface area (Å²) in [4.78, 5) is 25.2. The molecule has 5 nitrogen and oxygen atoms in total. The van der Waals surface area contributed by atoms with E-state index in [0.29, 0.717) is 25.1 Å². The number of rotatable bonds is 8. The second kappa shape index (κ2) is 9.37. The van der Waals surface area contributed by atoms with Crippen LogP contribution in [-0.4, -0.2) is 42.0 Å². The standard InChI is InChI=1S/C20H30N2O3/c1-7-18(23)21-17-11-8-16(9-12-17)10-13-19(24)22(6)14-15(2)25-20(3,4)5/h7-9,11-12,15H,1,10,13-14H2,2-6H3,(H,21,23). The summed E-state index contributed by atoms with van der Waals surface area (Å²) in [5, 5.41) is 2.70. The summed E-state index contributed by atoms with van der Waals surface area (Å²) in [5.41, 5.74) is 1.55. The van der Waals surface area contributed by atoms with Gasteiger partial charge in [0.15, 0.2) is 0 Å². The first-order valence-electron chi connectivity index (χ1n) is 8.55. The second-order valence-corrected chi connectivity index (χ2v) is 7.21. The molecule has 1 aromatic rings. The molecule has 1 aromatic carbocycles. The lowest BCUT2D eigenvalue weighted by Gasteiger charge is -2.28. The van der Waals surface area contributed by atoms with E-state index in [4.69, 9.17) is 4.74 Å². The van der Waals surface area contributed by atoms with Gasteiger partial charge in [0.2, 0.25) is 11.8 Å². The van der Waals surface area contributed by atoms with Crippen LogP contribution in [-0.2, 0) is 20.7 Å². The Morgan fingerprint density at radius 1 is 1.28 bits per heavy atom. The van der Waals surface area contributed by atoms with Crippen LogP contribution in [0.4, 0.5) is 5.69 Å². The SMILES string of the molecule is C=CC(=O)Nc1ccc(CCC(=O)N(C)CC(C)OC(C)(C)C)cc1. The number of anilines is 1. The first kappa shape index (κ1) is 20.9. The van der Waals surface area contributed by atoms with E-state index >= 15 is 0 Å². The van der Waals surface area contributed by atoms with E-state index in [2.05, 4.69) is 11.9 Å². The van der Waals surface area contributed by atoms with Gasteiger partial charge in [-0.2, -0.15) is 0 Å². The van der Waals surface area contributed by atoms with E-state index in [0.717, 1.165) is 5.56 Å². The molecule has 1 N–H and O–H groups in total. The van der Waals surface area contributed by atoms with E-state index in [1.165, 1.54) is 6.08 Å². The van der Waals surface area contributed by atoms with Crippen LogP contribution < -0.4 is 5.32 Å². The Morgan fingerprint density at radius 2 is 1.88 bits per heavy atom. The molecule has 5 heteroatoms. The summed E-state index contributed by atoms with van der Waals surface area (Å²) in [6, 6.07) is 7.48.